The number of furan rings is 1. The van der Waals surface area contributed by atoms with Crippen LogP contribution >= 0.6 is 0 Å². The first-order valence-electron chi connectivity index (χ1n) is 12.6. The molecule has 39 heavy (non-hydrogen) atoms. The molecule has 0 radical (unpaired) electrons. The van der Waals surface area contributed by atoms with Crippen molar-refractivity contribution in [1.82, 2.24) is 14.3 Å². The Balaban J connectivity index is 1.22. The molecule has 204 valence electrons. The van der Waals surface area contributed by atoms with Crippen LogP contribution in [0, 0.1) is 5.82 Å². The molecule has 9 nitrogen and oxygen atoms in total. The SMILES string of the molecule is CN(C)c1cncc(COc2cccc(CCC(=O)[C@@H]3CCCN3S(=O)(=O)c3cc4cc(F)ccc4o3)c2)n1. The van der Waals surface area contributed by atoms with E-state index in [-0.39, 0.29) is 36.0 Å². The lowest BCUT2D eigenvalue weighted by Gasteiger charge is -2.21. The highest BCUT2D eigenvalue weighted by molar-refractivity contribution is 7.89. The molecule has 1 saturated heterocycles. The Morgan fingerprint density at radius 2 is 2.03 bits per heavy atom. The van der Waals surface area contributed by atoms with Crippen molar-refractivity contribution in [2.45, 2.75) is 43.4 Å². The minimum atomic E-state index is -4.05. The van der Waals surface area contributed by atoms with Crippen molar-refractivity contribution < 1.29 is 26.8 Å². The molecule has 1 aliphatic rings. The first-order chi connectivity index (χ1) is 18.7. The molecule has 2 aromatic carbocycles. The van der Waals surface area contributed by atoms with Gasteiger partial charge in [-0.2, -0.15) is 4.31 Å². The molecule has 0 spiro atoms. The van der Waals surface area contributed by atoms with Crippen molar-refractivity contribution in [2.24, 2.45) is 0 Å². The van der Waals surface area contributed by atoms with Crippen molar-refractivity contribution in [3.8, 4) is 5.75 Å². The minimum absolute atomic E-state index is 0.152. The molecule has 0 saturated carbocycles. The topological polar surface area (TPSA) is 106 Å². The van der Waals surface area contributed by atoms with Gasteiger partial charge < -0.3 is 14.1 Å². The second-order valence-electron chi connectivity index (χ2n) is 9.69. The van der Waals surface area contributed by atoms with Gasteiger partial charge in [-0.1, -0.05) is 12.1 Å². The summed E-state index contributed by atoms with van der Waals surface area (Å²) in [6.07, 6.45) is 4.98. The highest BCUT2D eigenvalue weighted by Crippen LogP contribution is 2.31. The van der Waals surface area contributed by atoms with Crippen LogP contribution in [0.3, 0.4) is 0 Å². The van der Waals surface area contributed by atoms with Crippen molar-refractivity contribution in [2.75, 3.05) is 25.5 Å². The summed E-state index contributed by atoms with van der Waals surface area (Å²) in [6.45, 7) is 0.478. The van der Waals surface area contributed by atoms with Crippen LogP contribution in [0.1, 0.15) is 30.5 Å². The molecule has 4 aromatic rings. The Morgan fingerprint density at radius 3 is 2.85 bits per heavy atom. The average Bonchev–Trinajstić information content (AvgIpc) is 3.59. The van der Waals surface area contributed by atoms with Crippen LogP contribution in [-0.2, 0) is 27.8 Å². The van der Waals surface area contributed by atoms with E-state index in [2.05, 4.69) is 9.97 Å². The molecule has 1 atom stereocenters. The van der Waals surface area contributed by atoms with Crippen LogP contribution < -0.4 is 9.64 Å². The van der Waals surface area contributed by atoms with Crippen LogP contribution in [0.2, 0.25) is 0 Å². The number of carbonyl (C=O) groups excluding carboxylic acids is 1. The number of nitrogens with zero attached hydrogens (tertiary/aromatic N) is 4. The van der Waals surface area contributed by atoms with Crippen LogP contribution in [-0.4, -0.2) is 55.2 Å². The summed E-state index contributed by atoms with van der Waals surface area (Å²) < 4.78 is 52.8. The first-order valence-corrected chi connectivity index (χ1v) is 14.1. The fourth-order valence-corrected chi connectivity index (χ4v) is 6.27. The predicted molar refractivity (Wildman–Crippen MR) is 144 cm³/mol. The standard InChI is InChI=1S/C28H29FN4O5S/c1-32(2)27-17-30-16-22(31-27)18-37-23-6-3-5-19(13-23)8-10-25(34)24-7-4-12-33(24)39(35,36)28-15-20-14-21(29)9-11-26(20)38-28/h3,5-6,9,11,13-17,24H,4,7-8,10,12,18H2,1-2H3/t24-/m0/s1. The molecule has 5 rings (SSSR count). The van der Waals surface area contributed by atoms with E-state index < -0.39 is 21.9 Å². The van der Waals surface area contributed by atoms with Gasteiger partial charge in [-0.3, -0.25) is 9.78 Å². The molecule has 0 N–H and O–H groups in total. The van der Waals surface area contributed by atoms with Gasteiger partial charge in [0.25, 0.3) is 10.0 Å². The van der Waals surface area contributed by atoms with Crippen molar-refractivity contribution >= 4 is 32.6 Å². The number of hydrogen-bond acceptors (Lipinski definition) is 8. The second-order valence-corrected chi connectivity index (χ2v) is 11.5. The molecular weight excluding hydrogens is 523 g/mol. The zero-order valence-corrected chi connectivity index (χ0v) is 22.5. The van der Waals surface area contributed by atoms with E-state index in [4.69, 9.17) is 9.15 Å². The summed E-state index contributed by atoms with van der Waals surface area (Å²) in [4.78, 5) is 23.7. The van der Waals surface area contributed by atoms with E-state index in [1.807, 2.05) is 43.3 Å². The van der Waals surface area contributed by atoms with Crippen LogP contribution in [0.25, 0.3) is 11.0 Å². The van der Waals surface area contributed by atoms with E-state index in [0.29, 0.717) is 36.1 Å². The Hall–Kier alpha value is -3.83. The number of rotatable bonds is 10. The van der Waals surface area contributed by atoms with Gasteiger partial charge in [0.15, 0.2) is 5.78 Å². The van der Waals surface area contributed by atoms with Crippen molar-refractivity contribution in [3.63, 3.8) is 0 Å². The molecule has 0 amide bonds. The van der Waals surface area contributed by atoms with E-state index in [9.17, 15) is 17.6 Å². The van der Waals surface area contributed by atoms with Gasteiger partial charge in [0.05, 0.1) is 24.1 Å². The molecule has 3 heterocycles. The lowest BCUT2D eigenvalue weighted by molar-refractivity contribution is -0.122. The summed E-state index contributed by atoms with van der Waals surface area (Å²) in [7, 11) is -0.271. The minimum Gasteiger partial charge on any atom is -0.487 e. The van der Waals surface area contributed by atoms with Gasteiger partial charge in [0.2, 0.25) is 5.09 Å². The van der Waals surface area contributed by atoms with E-state index >= 15 is 0 Å². The summed E-state index contributed by atoms with van der Waals surface area (Å²) in [5, 5.41) is 0.0728. The largest absolute Gasteiger partial charge is 0.487 e. The third-order valence-electron chi connectivity index (χ3n) is 6.67. The molecule has 1 aliphatic heterocycles. The van der Waals surface area contributed by atoms with Gasteiger partial charge in [-0.15, -0.1) is 0 Å². The number of sulfonamides is 1. The number of anilines is 1. The van der Waals surface area contributed by atoms with Crippen molar-refractivity contribution in [3.05, 3.63) is 78.0 Å². The van der Waals surface area contributed by atoms with Crippen LogP contribution in [0.5, 0.6) is 5.75 Å². The predicted octanol–water partition coefficient (Wildman–Crippen LogP) is 4.36. The zero-order valence-electron chi connectivity index (χ0n) is 21.7. The first kappa shape index (κ1) is 26.8. The molecule has 0 unspecified atom stereocenters. The lowest BCUT2D eigenvalue weighted by atomic mass is 10.0. The third-order valence-corrected chi connectivity index (χ3v) is 8.43. The van der Waals surface area contributed by atoms with Crippen LogP contribution in [0.15, 0.2) is 70.4 Å². The Kier molecular flexibility index (Phi) is 7.62. The number of benzene rings is 2. The Morgan fingerprint density at radius 1 is 1.18 bits per heavy atom. The average molecular weight is 553 g/mol. The molecule has 0 bridgehead atoms. The number of fused-ring (bicyclic) bond motifs is 1. The zero-order chi connectivity index (χ0) is 27.6. The maximum atomic E-state index is 13.6. The smallest absolute Gasteiger partial charge is 0.277 e. The number of Topliss-reactive ketones (excluding diaryl/α,β-unsaturated/α-hetero) is 1. The van der Waals surface area contributed by atoms with Gasteiger partial charge in [-0.05, 0) is 55.2 Å². The summed E-state index contributed by atoms with van der Waals surface area (Å²) in [5.74, 6) is 0.743. The molecule has 1 fully saturated rings. The quantitative estimate of drug-likeness (QED) is 0.286. The number of ether oxygens (including phenoxy) is 1. The number of ketones is 1. The molecule has 11 heteroatoms. The number of halogens is 1. The van der Waals surface area contributed by atoms with E-state index in [1.54, 1.807) is 12.4 Å². The molecular formula is C28H29FN4O5S. The normalized spacial score (nSPS) is 16.0. The van der Waals surface area contributed by atoms with Crippen LogP contribution in [0.4, 0.5) is 10.2 Å². The Labute approximate surface area is 226 Å². The number of hydrogen-bond donors (Lipinski definition) is 0. The number of carbonyl (C=O) groups is 1. The fourth-order valence-electron chi connectivity index (χ4n) is 4.64. The van der Waals surface area contributed by atoms with Gasteiger partial charge in [-0.25, -0.2) is 17.8 Å². The highest BCUT2D eigenvalue weighted by Gasteiger charge is 2.40. The number of aryl methyl sites for hydroxylation is 1. The summed E-state index contributed by atoms with van der Waals surface area (Å²) >= 11 is 0. The van der Waals surface area contributed by atoms with E-state index in [0.717, 1.165) is 11.4 Å². The highest BCUT2D eigenvalue weighted by atomic mass is 32.2. The maximum Gasteiger partial charge on any atom is 0.277 e. The van der Waals surface area contributed by atoms with Crippen molar-refractivity contribution in [1.29, 1.82) is 0 Å². The third kappa shape index (κ3) is 5.94. The summed E-state index contributed by atoms with van der Waals surface area (Å²) in [6, 6.07) is 11.8. The lowest BCUT2D eigenvalue weighted by Crippen LogP contribution is -2.40. The molecule has 0 aliphatic carbocycles. The van der Waals surface area contributed by atoms with E-state index in [1.165, 1.54) is 28.6 Å². The van der Waals surface area contributed by atoms with Gasteiger partial charge in [0, 0.05) is 38.5 Å². The maximum absolute atomic E-state index is 13.6. The van der Waals surface area contributed by atoms with Gasteiger partial charge >= 0.3 is 0 Å². The fraction of sp³-hybridized carbons (Fsp3) is 0.321. The second kappa shape index (κ2) is 11.1. The van der Waals surface area contributed by atoms with Gasteiger partial charge in [0.1, 0.15) is 29.6 Å². The monoisotopic (exact) mass is 552 g/mol. The Bertz CT molecular complexity index is 1600. The number of aromatic nitrogens is 2. The molecule has 2 aromatic heterocycles. The summed E-state index contributed by atoms with van der Waals surface area (Å²) in [5.41, 5.74) is 1.87.